The number of rotatable bonds is 3. The van der Waals surface area contributed by atoms with E-state index in [0.29, 0.717) is 0 Å². The molecule has 2 aliphatic heterocycles. The molecular weight excluding hydrogens is 242 g/mol. The SMILES string of the molecule is CC(C)C(=O)NC1CCN(C(=O)[C@@H]2CCCN2)CC1. The van der Waals surface area contributed by atoms with Gasteiger partial charge in [0.25, 0.3) is 0 Å². The summed E-state index contributed by atoms with van der Waals surface area (Å²) >= 11 is 0. The number of nitrogens with zero attached hydrogens (tertiary/aromatic N) is 1. The molecule has 2 aliphatic rings. The van der Waals surface area contributed by atoms with Gasteiger partial charge in [0.15, 0.2) is 0 Å². The molecule has 0 unspecified atom stereocenters. The zero-order valence-electron chi connectivity index (χ0n) is 11.9. The Morgan fingerprint density at radius 3 is 2.42 bits per heavy atom. The number of carbonyl (C=O) groups is 2. The van der Waals surface area contributed by atoms with Crippen molar-refractivity contribution in [1.29, 1.82) is 0 Å². The molecule has 0 saturated carbocycles. The molecule has 0 radical (unpaired) electrons. The van der Waals surface area contributed by atoms with E-state index < -0.39 is 0 Å². The van der Waals surface area contributed by atoms with E-state index in [9.17, 15) is 9.59 Å². The molecule has 0 aromatic carbocycles. The van der Waals surface area contributed by atoms with Crippen molar-refractivity contribution >= 4 is 11.8 Å². The molecule has 5 heteroatoms. The van der Waals surface area contributed by atoms with E-state index in [-0.39, 0.29) is 29.8 Å². The number of likely N-dealkylation sites (tertiary alicyclic amines) is 1. The lowest BCUT2D eigenvalue weighted by Gasteiger charge is -2.34. The Bertz CT molecular complexity index is 330. The molecule has 0 aromatic rings. The largest absolute Gasteiger partial charge is 0.353 e. The zero-order chi connectivity index (χ0) is 13.8. The molecule has 2 N–H and O–H groups in total. The fourth-order valence-electron chi connectivity index (χ4n) is 2.73. The third kappa shape index (κ3) is 3.69. The molecular formula is C14H25N3O2. The molecule has 108 valence electrons. The summed E-state index contributed by atoms with van der Waals surface area (Å²) in [6, 6.07) is 0.261. The standard InChI is InChI=1S/C14H25N3O2/c1-10(2)13(18)16-11-5-8-17(9-6-11)14(19)12-4-3-7-15-12/h10-12,15H,3-9H2,1-2H3,(H,16,18)/t12-/m0/s1. The van der Waals surface area contributed by atoms with Gasteiger partial charge in [0, 0.05) is 25.0 Å². The topological polar surface area (TPSA) is 61.4 Å². The van der Waals surface area contributed by atoms with E-state index in [1.165, 1.54) is 0 Å². The van der Waals surface area contributed by atoms with Gasteiger partial charge >= 0.3 is 0 Å². The molecule has 2 amide bonds. The van der Waals surface area contributed by atoms with Crippen molar-refractivity contribution in [1.82, 2.24) is 15.5 Å². The quantitative estimate of drug-likeness (QED) is 0.783. The minimum atomic E-state index is 0.0294. The lowest BCUT2D eigenvalue weighted by atomic mass is 10.0. The van der Waals surface area contributed by atoms with Gasteiger partial charge < -0.3 is 15.5 Å². The van der Waals surface area contributed by atoms with Crippen LogP contribution in [-0.4, -0.2) is 48.4 Å². The Morgan fingerprint density at radius 2 is 1.89 bits per heavy atom. The second-order valence-electron chi connectivity index (χ2n) is 5.91. The molecule has 0 bridgehead atoms. The maximum Gasteiger partial charge on any atom is 0.239 e. The first-order chi connectivity index (χ1) is 9.08. The summed E-state index contributed by atoms with van der Waals surface area (Å²) in [6.45, 7) is 6.29. The van der Waals surface area contributed by atoms with Gasteiger partial charge in [-0.15, -0.1) is 0 Å². The van der Waals surface area contributed by atoms with Crippen LogP contribution in [0.3, 0.4) is 0 Å². The maximum absolute atomic E-state index is 12.2. The van der Waals surface area contributed by atoms with Crippen LogP contribution in [0.5, 0.6) is 0 Å². The van der Waals surface area contributed by atoms with Crippen LogP contribution in [0.4, 0.5) is 0 Å². The van der Waals surface area contributed by atoms with E-state index in [1.807, 2.05) is 18.7 Å². The minimum Gasteiger partial charge on any atom is -0.353 e. The summed E-state index contributed by atoms with van der Waals surface area (Å²) in [7, 11) is 0. The first-order valence-corrected chi connectivity index (χ1v) is 7.40. The van der Waals surface area contributed by atoms with Crippen LogP contribution in [-0.2, 0) is 9.59 Å². The fourth-order valence-corrected chi connectivity index (χ4v) is 2.73. The van der Waals surface area contributed by atoms with Crippen LogP contribution in [0.2, 0.25) is 0 Å². The molecule has 0 aromatic heterocycles. The van der Waals surface area contributed by atoms with Crippen LogP contribution in [0, 0.1) is 5.92 Å². The number of hydrogen-bond acceptors (Lipinski definition) is 3. The lowest BCUT2D eigenvalue weighted by molar-refractivity contribution is -0.134. The van der Waals surface area contributed by atoms with Crippen molar-refractivity contribution in [3.8, 4) is 0 Å². The lowest BCUT2D eigenvalue weighted by Crippen LogP contribution is -2.51. The van der Waals surface area contributed by atoms with E-state index in [1.54, 1.807) is 0 Å². The van der Waals surface area contributed by atoms with Crippen molar-refractivity contribution in [2.45, 2.75) is 51.6 Å². The highest BCUT2D eigenvalue weighted by Gasteiger charge is 2.30. The van der Waals surface area contributed by atoms with Crippen molar-refractivity contribution in [2.24, 2.45) is 5.92 Å². The number of carbonyl (C=O) groups excluding carboxylic acids is 2. The van der Waals surface area contributed by atoms with Crippen molar-refractivity contribution < 1.29 is 9.59 Å². The predicted octanol–water partition coefficient (Wildman–Crippen LogP) is 0.502. The van der Waals surface area contributed by atoms with Gasteiger partial charge in [-0.3, -0.25) is 9.59 Å². The van der Waals surface area contributed by atoms with Gasteiger partial charge in [0.1, 0.15) is 0 Å². The molecule has 2 heterocycles. The fraction of sp³-hybridized carbons (Fsp3) is 0.857. The Balaban J connectivity index is 1.75. The molecule has 0 aliphatic carbocycles. The third-order valence-corrected chi connectivity index (χ3v) is 4.04. The smallest absolute Gasteiger partial charge is 0.239 e. The van der Waals surface area contributed by atoms with Gasteiger partial charge in [0.2, 0.25) is 11.8 Å². The van der Waals surface area contributed by atoms with Crippen molar-refractivity contribution in [3.63, 3.8) is 0 Å². The maximum atomic E-state index is 12.2. The van der Waals surface area contributed by atoms with Gasteiger partial charge in [-0.25, -0.2) is 0 Å². The summed E-state index contributed by atoms with van der Waals surface area (Å²) < 4.78 is 0. The van der Waals surface area contributed by atoms with E-state index in [0.717, 1.165) is 45.3 Å². The van der Waals surface area contributed by atoms with Crippen molar-refractivity contribution in [2.75, 3.05) is 19.6 Å². The monoisotopic (exact) mass is 267 g/mol. The highest BCUT2D eigenvalue weighted by molar-refractivity contribution is 5.82. The average Bonchev–Trinajstić information content (AvgIpc) is 2.92. The molecule has 0 spiro atoms. The van der Waals surface area contributed by atoms with Crippen LogP contribution in [0.1, 0.15) is 39.5 Å². The van der Waals surface area contributed by atoms with E-state index in [2.05, 4.69) is 10.6 Å². The highest BCUT2D eigenvalue weighted by Crippen LogP contribution is 2.15. The van der Waals surface area contributed by atoms with Crippen LogP contribution < -0.4 is 10.6 Å². The Labute approximate surface area is 115 Å². The molecule has 19 heavy (non-hydrogen) atoms. The van der Waals surface area contributed by atoms with Gasteiger partial charge in [0.05, 0.1) is 6.04 Å². The number of nitrogens with one attached hydrogen (secondary N) is 2. The molecule has 2 saturated heterocycles. The minimum absolute atomic E-state index is 0.0294. The second-order valence-corrected chi connectivity index (χ2v) is 5.91. The zero-order valence-corrected chi connectivity index (χ0v) is 11.9. The van der Waals surface area contributed by atoms with E-state index >= 15 is 0 Å². The van der Waals surface area contributed by atoms with Gasteiger partial charge in [-0.2, -0.15) is 0 Å². The Morgan fingerprint density at radius 1 is 1.21 bits per heavy atom. The number of amides is 2. The summed E-state index contributed by atoms with van der Waals surface area (Å²) in [5, 5.41) is 6.31. The summed E-state index contributed by atoms with van der Waals surface area (Å²) in [5.74, 6) is 0.385. The summed E-state index contributed by atoms with van der Waals surface area (Å²) in [4.78, 5) is 25.8. The molecule has 2 rings (SSSR count). The first kappa shape index (κ1) is 14.3. The predicted molar refractivity (Wildman–Crippen MR) is 73.6 cm³/mol. The first-order valence-electron chi connectivity index (χ1n) is 7.40. The van der Waals surface area contributed by atoms with Crippen LogP contribution in [0.15, 0.2) is 0 Å². The average molecular weight is 267 g/mol. The van der Waals surface area contributed by atoms with E-state index in [4.69, 9.17) is 0 Å². The Kier molecular flexibility index (Phi) is 4.80. The second kappa shape index (κ2) is 6.37. The third-order valence-electron chi connectivity index (χ3n) is 4.04. The van der Waals surface area contributed by atoms with Gasteiger partial charge in [-0.1, -0.05) is 13.8 Å². The highest BCUT2D eigenvalue weighted by atomic mass is 16.2. The number of piperidine rings is 1. The van der Waals surface area contributed by atoms with Gasteiger partial charge in [-0.05, 0) is 32.2 Å². The normalized spacial score (nSPS) is 24.8. The van der Waals surface area contributed by atoms with Crippen LogP contribution >= 0.6 is 0 Å². The van der Waals surface area contributed by atoms with Crippen molar-refractivity contribution in [3.05, 3.63) is 0 Å². The van der Waals surface area contributed by atoms with Crippen LogP contribution in [0.25, 0.3) is 0 Å². The summed E-state index contributed by atoms with van der Waals surface area (Å²) in [5.41, 5.74) is 0. The Hall–Kier alpha value is -1.10. The molecule has 1 atom stereocenters. The number of hydrogen-bond donors (Lipinski definition) is 2. The molecule has 2 fully saturated rings. The summed E-state index contributed by atoms with van der Waals surface area (Å²) in [6.07, 6.45) is 3.80. The molecule has 5 nitrogen and oxygen atoms in total.